The van der Waals surface area contributed by atoms with Gasteiger partial charge >= 0.3 is 0 Å². The molecule has 0 saturated heterocycles. The van der Waals surface area contributed by atoms with Gasteiger partial charge in [-0.15, -0.1) is 0 Å². The van der Waals surface area contributed by atoms with Crippen LogP contribution in [0.5, 0.6) is 11.5 Å². The van der Waals surface area contributed by atoms with Crippen LogP contribution in [0.25, 0.3) is 0 Å². The van der Waals surface area contributed by atoms with E-state index >= 15 is 0 Å². The number of hydrogen-bond donors (Lipinski definition) is 3. The molecule has 0 radical (unpaired) electrons. The van der Waals surface area contributed by atoms with Gasteiger partial charge in [-0.2, -0.15) is 0 Å². The van der Waals surface area contributed by atoms with Gasteiger partial charge in [0.05, 0.1) is 11.2 Å². The van der Waals surface area contributed by atoms with E-state index < -0.39 is 5.54 Å². The second-order valence-electron chi connectivity index (χ2n) is 7.61. The van der Waals surface area contributed by atoms with E-state index in [1.54, 1.807) is 24.1 Å². The van der Waals surface area contributed by atoms with Crippen molar-refractivity contribution in [1.29, 1.82) is 0 Å². The van der Waals surface area contributed by atoms with Gasteiger partial charge in [-0.3, -0.25) is 9.59 Å². The third-order valence-corrected chi connectivity index (χ3v) is 5.90. The van der Waals surface area contributed by atoms with Crippen molar-refractivity contribution >= 4 is 17.6 Å². The van der Waals surface area contributed by atoms with Crippen molar-refractivity contribution in [1.82, 2.24) is 10.2 Å². The zero-order valence-corrected chi connectivity index (χ0v) is 16.8. The highest BCUT2D eigenvalue weighted by Crippen LogP contribution is 2.44. The number of likely N-dealkylation sites (N-methyl/N-ethyl adjacent to an activating group) is 1. The van der Waals surface area contributed by atoms with Crippen LogP contribution in [0.2, 0.25) is 0 Å². The van der Waals surface area contributed by atoms with Gasteiger partial charge in [0.25, 0.3) is 11.8 Å². The number of nitrogens with zero attached hydrogens (tertiary/aromatic N) is 2. The molecule has 2 aliphatic heterocycles. The maximum Gasteiger partial charge on any atom is 0.261 e. The smallest absolute Gasteiger partial charge is 0.261 e. The van der Waals surface area contributed by atoms with E-state index in [9.17, 15) is 9.59 Å². The lowest BCUT2D eigenvalue weighted by atomic mass is 9.93. The highest BCUT2D eigenvalue weighted by atomic mass is 16.7. The number of hydrogen-bond acceptors (Lipinski definition) is 7. The molecule has 1 fully saturated rings. The van der Waals surface area contributed by atoms with Gasteiger partial charge in [0, 0.05) is 13.6 Å². The molecule has 0 unspecified atom stereocenters. The molecule has 10 heteroatoms. The number of oxime groups is 1. The Morgan fingerprint density at radius 3 is 2.80 bits per heavy atom. The number of fused-ring (bicyclic) bond motifs is 1. The number of nitrogens with one attached hydrogen (secondary N) is 1. The molecule has 0 aromatic heterocycles. The predicted molar refractivity (Wildman–Crippen MR) is 107 cm³/mol. The van der Waals surface area contributed by atoms with E-state index in [2.05, 4.69) is 10.5 Å². The summed E-state index contributed by atoms with van der Waals surface area (Å²) in [4.78, 5) is 31.4. The molecule has 0 bridgehead atoms. The number of amides is 2. The number of nitrogens with two attached hydrogens (primary N) is 2. The molecule has 2 amide bonds. The lowest BCUT2D eigenvalue weighted by Gasteiger charge is -2.33. The highest BCUT2D eigenvalue weighted by Gasteiger charge is 2.51. The summed E-state index contributed by atoms with van der Waals surface area (Å²) in [5.74, 6) is 0.558. The van der Waals surface area contributed by atoms with Crippen LogP contribution in [0, 0.1) is 0 Å². The van der Waals surface area contributed by atoms with Crippen LogP contribution < -0.4 is 26.3 Å². The fraction of sp³-hybridized carbons (Fsp3) is 0.450. The number of ether oxygens (including phenoxy) is 2. The molecule has 0 atom stereocenters. The molecular weight excluding hydrogens is 390 g/mol. The Hall–Kier alpha value is -3.43. The monoisotopic (exact) mass is 415 g/mol. The van der Waals surface area contributed by atoms with Crippen LogP contribution >= 0.6 is 0 Å². The Bertz CT molecular complexity index is 936. The summed E-state index contributed by atoms with van der Waals surface area (Å²) in [5.41, 5.74) is 13.2. The van der Waals surface area contributed by atoms with Crippen molar-refractivity contribution in [3.63, 3.8) is 0 Å². The van der Waals surface area contributed by atoms with Crippen LogP contribution in [0.15, 0.2) is 34.6 Å². The maximum atomic E-state index is 12.6. The third-order valence-electron chi connectivity index (χ3n) is 5.90. The van der Waals surface area contributed by atoms with Gasteiger partial charge in [-0.05, 0) is 30.5 Å². The summed E-state index contributed by atoms with van der Waals surface area (Å²) >= 11 is 0. The second kappa shape index (κ2) is 7.77. The first-order chi connectivity index (χ1) is 14.4. The molecular formula is C20H25N5O5. The molecule has 2 heterocycles. The van der Waals surface area contributed by atoms with Crippen LogP contribution in [0.4, 0.5) is 0 Å². The second-order valence-corrected chi connectivity index (χ2v) is 7.61. The molecule has 160 valence electrons. The standard InChI is InChI=1S/C20H25N5O5/c1-25-19(27)16(17(21)20(25)6-2-3-7-20)18(22)24-30-10-15(26)23-9-12-4-5-13-14(8-12)29-11-28-13/h4-5,8H,2-3,6-7,9-11,21H2,1H3,(H2,22,24)(H,23,26). The normalized spacial score (nSPS) is 19.7. The van der Waals surface area contributed by atoms with Crippen molar-refractivity contribution in [2.75, 3.05) is 20.4 Å². The first-order valence-electron chi connectivity index (χ1n) is 9.82. The SMILES string of the molecule is CN1C(=O)C(/C(N)=N/OCC(=O)NCc2ccc3c(c2)OCO3)=C(N)C12CCCC2. The average molecular weight is 415 g/mol. The minimum absolute atomic E-state index is 0.114. The Kier molecular flexibility index (Phi) is 5.15. The van der Waals surface area contributed by atoms with Crippen LogP contribution in [0.1, 0.15) is 31.2 Å². The van der Waals surface area contributed by atoms with Crippen LogP contribution in [0.3, 0.4) is 0 Å². The van der Waals surface area contributed by atoms with E-state index in [0.717, 1.165) is 31.2 Å². The van der Waals surface area contributed by atoms with Crippen molar-refractivity contribution in [2.24, 2.45) is 16.6 Å². The number of carbonyl (C=O) groups excluding carboxylic acids is 2. The number of carbonyl (C=O) groups is 2. The fourth-order valence-electron chi connectivity index (χ4n) is 4.21. The lowest BCUT2D eigenvalue weighted by molar-refractivity contribution is -0.127. The third kappa shape index (κ3) is 3.38. The lowest BCUT2D eigenvalue weighted by Crippen LogP contribution is -2.45. The number of benzene rings is 1. The summed E-state index contributed by atoms with van der Waals surface area (Å²) in [6, 6.07) is 5.42. The van der Waals surface area contributed by atoms with Crippen molar-refractivity contribution in [3.8, 4) is 11.5 Å². The van der Waals surface area contributed by atoms with Crippen molar-refractivity contribution < 1.29 is 23.9 Å². The maximum absolute atomic E-state index is 12.6. The summed E-state index contributed by atoms with van der Waals surface area (Å²) in [6.07, 6.45) is 3.62. The summed E-state index contributed by atoms with van der Waals surface area (Å²) in [7, 11) is 1.73. The van der Waals surface area contributed by atoms with Gasteiger partial charge in [0.15, 0.2) is 23.9 Å². The molecule has 1 aromatic carbocycles. The summed E-state index contributed by atoms with van der Waals surface area (Å²) in [6.45, 7) is 0.147. The van der Waals surface area contributed by atoms with E-state index in [-0.39, 0.29) is 36.6 Å². The first-order valence-corrected chi connectivity index (χ1v) is 9.82. The molecule has 10 nitrogen and oxygen atoms in total. The summed E-state index contributed by atoms with van der Waals surface area (Å²) in [5, 5.41) is 6.47. The van der Waals surface area contributed by atoms with Crippen molar-refractivity contribution in [3.05, 3.63) is 35.0 Å². The topological polar surface area (TPSA) is 142 Å². The van der Waals surface area contributed by atoms with E-state index in [4.69, 9.17) is 25.8 Å². The Morgan fingerprint density at radius 1 is 1.30 bits per heavy atom. The quantitative estimate of drug-likeness (QED) is 0.345. The minimum atomic E-state index is -0.478. The summed E-state index contributed by atoms with van der Waals surface area (Å²) < 4.78 is 10.6. The predicted octanol–water partition coefficient (Wildman–Crippen LogP) is 0.318. The van der Waals surface area contributed by atoms with Gasteiger partial charge in [0.2, 0.25) is 6.79 Å². The molecule has 4 rings (SSSR count). The number of amidine groups is 1. The zero-order valence-electron chi connectivity index (χ0n) is 16.8. The zero-order chi connectivity index (χ0) is 21.3. The van der Waals surface area contributed by atoms with Gasteiger partial charge in [-0.1, -0.05) is 24.1 Å². The fourth-order valence-corrected chi connectivity index (χ4v) is 4.21. The molecule has 3 aliphatic rings. The first kappa shape index (κ1) is 19.9. The van der Waals surface area contributed by atoms with Gasteiger partial charge in [-0.25, -0.2) is 0 Å². The minimum Gasteiger partial charge on any atom is -0.454 e. The molecule has 1 aliphatic carbocycles. The molecule has 1 saturated carbocycles. The highest BCUT2D eigenvalue weighted by molar-refractivity contribution is 6.22. The largest absolute Gasteiger partial charge is 0.454 e. The Morgan fingerprint density at radius 2 is 2.03 bits per heavy atom. The Labute approximate surface area is 173 Å². The Balaban J connectivity index is 1.32. The number of rotatable bonds is 6. The van der Waals surface area contributed by atoms with Gasteiger partial charge in [0.1, 0.15) is 5.57 Å². The van der Waals surface area contributed by atoms with Crippen LogP contribution in [-0.4, -0.2) is 48.5 Å². The van der Waals surface area contributed by atoms with Crippen molar-refractivity contribution in [2.45, 2.75) is 37.8 Å². The van der Waals surface area contributed by atoms with Gasteiger partial charge < -0.3 is 36.0 Å². The average Bonchev–Trinajstić information content (AvgIpc) is 3.44. The molecule has 1 spiro atoms. The van der Waals surface area contributed by atoms with E-state index in [1.165, 1.54) is 0 Å². The van der Waals surface area contributed by atoms with E-state index in [0.29, 0.717) is 23.7 Å². The van der Waals surface area contributed by atoms with E-state index in [1.807, 2.05) is 6.07 Å². The molecule has 5 N–H and O–H groups in total. The molecule has 30 heavy (non-hydrogen) atoms. The van der Waals surface area contributed by atoms with Crippen LogP contribution in [-0.2, 0) is 21.0 Å². The molecule has 1 aromatic rings.